The molecule has 1 atom stereocenters. The molecular weight excluding hydrogens is 248 g/mol. The van der Waals surface area contributed by atoms with Gasteiger partial charge in [-0.1, -0.05) is 26.0 Å². The van der Waals surface area contributed by atoms with E-state index >= 15 is 0 Å². The van der Waals surface area contributed by atoms with E-state index in [2.05, 4.69) is 55.4 Å². The van der Waals surface area contributed by atoms with Crippen LogP contribution in [0.5, 0.6) is 5.75 Å². The molecule has 1 rings (SSSR count). The Labute approximate surface area is 124 Å². The fourth-order valence-electron chi connectivity index (χ4n) is 2.35. The van der Waals surface area contributed by atoms with Gasteiger partial charge in [-0.15, -0.1) is 0 Å². The molecule has 0 aliphatic rings. The van der Waals surface area contributed by atoms with Gasteiger partial charge in [0.1, 0.15) is 5.75 Å². The molecule has 0 saturated carbocycles. The lowest BCUT2D eigenvalue weighted by Crippen LogP contribution is -2.33. The van der Waals surface area contributed by atoms with Gasteiger partial charge in [0, 0.05) is 12.6 Å². The summed E-state index contributed by atoms with van der Waals surface area (Å²) in [7, 11) is 2.19. The van der Waals surface area contributed by atoms with Crippen LogP contribution in [0.4, 0.5) is 0 Å². The molecule has 1 unspecified atom stereocenters. The average Bonchev–Trinajstić information content (AvgIpc) is 2.45. The summed E-state index contributed by atoms with van der Waals surface area (Å²) in [5.74, 6) is 0.951. The first-order valence-electron chi connectivity index (χ1n) is 7.85. The molecule has 0 bridgehead atoms. The summed E-state index contributed by atoms with van der Waals surface area (Å²) in [6, 6.07) is 8.89. The van der Waals surface area contributed by atoms with Crippen LogP contribution in [-0.4, -0.2) is 38.2 Å². The van der Waals surface area contributed by atoms with E-state index in [1.54, 1.807) is 0 Å². The van der Waals surface area contributed by atoms with Gasteiger partial charge in [0.05, 0.1) is 6.61 Å². The lowest BCUT2D eigenvalue weighted by atomic mass is 10.1. The van der Waals surface area contributed by atoms with Crippen LogP contribution in [0.1, 0.15) is 45.2 Å². The van der Waals surface area contributed by atoms with E-state index < -0.39 is 0 Å². The van der Waals surface area contributed by atoms with Crippen LogP contribution in [0.15, 0.2) is 24.3 Å². The molecule has 0 radical (unpaired) electrons. The molecule has 1 N–H and O–H groups in total. The zero-order valence-electron chi connectivity index (χ0n) is 13.5. The van der Waals surface area contributed by atoms with Gasteiger partial charge in [-0.05, 0) is 57.6 Å². The van der Waals surface area contributed by atoms with E-state index in [-0.39, 0.29) is 0 Å². The van der Waals surface area contributed by atoms with Crippen molar-refractivity contribution in [1.82, 2.24) is 10.2 Å². The van der Waals surface area contributed by atoms with Crippen molar-refractivity contribution in [2.24, 2.45) is 0 Å². The molecule has 0 fully saturated rings. The predicted molar refractivity (Wildman–Crippen MR) is 86.4 cm³/mol. The number of benzene rings is 1. The van der Waals surface area contributed by atoms with Crippen LogP contribution < -0.4 is 10.1 Å². The zero-order chi connectivity index (χ0) is 14.8. The summed E-state index contributed by atoms with van der Waals surface area (Å²) in [6.07, 6.45) is 2.35. The second-order valence-corrected chi connectivity index (χ2v) is 5.27. The molecule has 0 spiro atoms. The van der Waals surface area contributed by atoms with Crippen LogP contribution in [0.25, 0.3) is 0 Å². The maximum atomic E-state index is 5.51. The lowest BCUT2D eigenvalue weighted by molar-refractivity contribution is 0.290. The van der Waals surface area contributed by atoms with E-state index in [9.17, 15) is 0 Å². The summed E-state index contributed by atoms with van der Waals surface area (Å²) < 4.78 is 5.51. The summed E-state index contributed by atoms with van der Waals surface area (Å²) in [4.78, 5) is 2.39. The summed E-state index contributed by atoms with van der Waals surface area (Å²) in [6.45, 7) is 10.4. The lowest BCUT2D eigenvalue weighted by Gasteiger charge is -2.25. The fourth-order valence-corrected chi connectivity index (χ4v) is 2.35. The summed E-state index contributed by atoms with van der Waals surface area (Å²) in [5.41, 5.74) is 1.34. The first-order chi connectivity index (χ1) is 9.71. The highest BCUT2D eigenvalue weighted by molar-refractivity contribution is 5.29. The number of rotatable bonds is 10. The van der Waals surface area contributed by atoms with E-state index in [1.165, 1.54) is 12.0 Å². The van der Waals surface area contributed by atoms with Crippen LogP contribution in [0, 0.1) is 0 Å². The maximum absolute atomic E-state index is 5.51. The van der Waals surface area contributed by atoms with E-state index in [4.69, 9.17) is 4.74 Å². The van der Waals surface area contributed by atoms with Crippen molar-refractivity contribution in [3.05, 3.63) is 29.8 Å². The number of nitrogens with one attached hydrogen (secondary N) is 1. The quantitative estimate of drug-likeness (QED) is 0.709. The molecule has 0 aliphatic heterocycles. The number of hydrogen-bond acceptors (Lipinski definition) is 3. The van der Waals surface area contributed by atoms with Crippen molar-refractivity contribution in [2.75, 3.05) is 33.3 Å². The zero-order valence-corrected chi connectivity index (χ0v) is 13.5. The first kappa shape index (κ1) is 17.0. The SMILES string of the molecule is CCCNC(CN(C)CCC)c1ccc(OCC)cc1. The number of nitrogens with zero attached hydrogens (tertiary/aromatic N) is 1. The van der Waals surface area contributed by atoms with Gasteiger partial charge in [0.25, 0.3) is 0 Å². The average molecular weight is 278 g/mol. The van der Waals surface area contributed by atoms with Gasteiger partial charge in [-0.3, -0.25) is 0 Å². The predicted octanol–water partition coefficient (Wildman–Crippen LogP) is 3.47. The first-order valence-corrected chi connectivity index (χ1v) is 7.85. The largest absolute Gasteiger partial charge is 0.494 e. The van der Waals surface area contributed by atoms with Crippen molar-refractivity contribution in [3.63, 3.8) is 0 Å². The Morgan fingerprint density at radius 1 is 1.10 bits per heavy atom. The summed E-state index contributed by atoms with van der Waals surface area (Å²) >= 11 is 0. The third-order valence-corrected chi connectivity index (χ3v) is 3.33. The highest BCUT2D eigenvalue weighted by atomic mass is 16.5. The van der Waals surface area contributed by atoms with E-state index in [0.717, 1.165) is 38.4 Å². The molecule has 1 aromatic carbocycles. The van der Waals surface area contributed by atoms with Gasteiger partial charge >= 0.3 is 0 Å². The Kier molecular flexibility index (Phi) is 8.31. The van der Waals surface area contributed by atoms with Crippen LogP contribution >= 0.6 is 0 Å². The standard InChI is InChI=1S/C17H30N2O/c1-5-12-18-17(14-19(4)13-6-2)15-8-10-16(11-9-15)20-7-3/h8-11,17-18H,5-7,12-14H2,1-4H3. The van der Waals surface area contributed by atoms with Gasteiger partial charge in [-0.2, -0.15) is 0 Å². The second kappa shape index (κ2) is 9.78. The van der Waals surface area contributed by atoms with E-state index in [0.29, 0.717) is 6.04 Å². The molecule has 3 heteroatoms. The highest BCUT2D eigenvalue weighted by Gasteiger charge is 2.13. The van der Waals surface area contributed by atoms with Crippen molar-refractivity contribution in [2.45, 2.75) is 39.7 Å². The molecule has 0 aliphatic carbocycles. The molecule has 0 aromatic heterocycles. The van der Waals surface area contributed by atoms with Gasteiger partial charge in [-0.25, -0.2) is 0 Å². The number of ether oxygens (including phenoxy) is 1. The maximum Gasteiger partial charge on any atom is 0.119 e. The minimum Gasteiger partial charge on any atom is -0.494 e. The molecule has 3 nitrogen and oxygen atoms in total. The second-order valence-electron chi connectivity index (χ2n) is 5.27. The Balaban J connectivity index is 2.70. The molecule has 20 heavy (non-hydrogen) atoms. The van der Waals surface area contributed by atoms with E-state index in [1.807, 2.05) is 6.92 Å². The minimum atomic E-state index is 0.391. The number of likely N-dealkylation sites (N-methyl/N-ethyl adjacent to an activating group) is 1. The highest BCUT2D eigenvalue weighted by Crippen LogP contribution is 2.19. The summed E-state index contributed by atoms with van der Waals surface area (Å²) in [5, 5.41) is 3.64. The Morgan fingerprint density at radius 3 is 2.35 bits per heavy atom. The van der Waals surface area contributed by atoms with Crippen molar-refractivity contribution < 1.29 is 4.74 Å². The van der Waals surface area contributed by atoms with Crippen LogP contribution in [0.3, 0.4) is 0 Å². The molecule has 1 aromatic rings. The van der Waals surface area contributed by atoms with Crippen molar-refractivity contribution in [1.29, 1.82) is 0 Å². The molecule has 0 amide bonds. The molecule has 114 valence electrons. The van der Waals surface area contributed by atoms with Crippen molar-refractivity contribution >= 4 is 0 Å². The number of hydrogen-bond donors (Lipinski definition) is 1. The normalized spacial score (nSPS) is 12.7. The minimum absolute atomic E-state index is 0.391. The van der Waals surface area contributed by atoms with Crippen molar-refractivity contribution in [3.8, 4) is 5.75 Å². The molecule has 0 saturated heterocycles. The Hall–Kier alpha value is -1.06. The third kappa shape index (κ3) is 5.93. The van der Waals surface area contributed by atoms with Gasteiger partial charge in [0.15, 0.2) is 0 Å². The fraction of sp³-hybridized carbons (Fsp3) is 0.647. The van der Waals surface area contributed by atoms with Crippen LogP contribution in [-0.2, 0) is 0 Å². The third-order valence-electron chi connectivity index (χ3n) is 3.33. The topological polar surface area (TPSA) is 24.5 Å². The molecule has 0 heterocycles. The molecular formula is C17H30N2O. The Bertz CT molecular complexity index is 351. The van der Waals surface area contributed by atoms with Gasteiger partial charge < -0.3 is 15.0 Å². The van der Waals surface area contributed by atoms with Crippen LogP contribution in [0.2, 0.25) is 0 Å². The smallest absolute Gasteiger partial charge is 0.119 e. The Morgan fingerprint density at radius 2 is 1.80 bits per heavy atom. The monoisotopic (exact) mass is 278 g/mol. The van der Waals surface area contributed by atoms with Gasteiger partial charge in [0.2, 0.25) is 0 Å².